The zero-order valence-electron chi connectivity index (χ0n) is 69.6. The molecule has 31 nitrogen and oxygen atoms in total. The third-order valence-corrected chi connectivity index (χ3v) is 26.1. The first-order valence-electron chi connectivity index (χ1n) is 41.3. The van der Waals surface area contributed by atoms with Crippen molar-refractivity contribution in [2.45, 2.75) is 104 Å². The van der Waals surface area contributed by atoms with E-state index in [1.54, 1.807) is 34.4 Å². The third kappa shape index (κ3) is 16.4. The van der Waals surface area contributed by atoms with Crippen LogP contribution >= 0.6 is 0 Å². The van der Waals surface area contributed by atoms with Gasteiger partial charge in [0.15, 0.2) is 11.6 Å². The Labute approximate surface area is 714 Å². The maximum absolute atomic E-state index is 12.8. The number of anilines is 12. The number of nitrogens with one attached hydrogen (secondary N) is 5. The SMILES string of the molecule is Cc1c(N)cccc1-c1cc2cc(Nc3cc4n(n3)CC(=O)N(C)CC4)ncc2c(N)n1.Cc1c(N)cccc1-c1cc2cc(Nc3cc4n(n3)CC(=O)N(C)CC43CC3)ncc2c(N)n1.Cc1ccccc1-c1cc2cc(NC(=O)C3CC34CC4)ncc2c(N)n1.Cc1ccccc1-c1cc2cc(NC(=O)C3[C@H]4CC(NS(C)(=O)=O)C[C@@H]34)ncc2c(N)n1. The number of rotatable bonds is 14. The van der Waals surface area contributed by atoms with Gasteiger partial charge in [0.05, 0.1) is 29.0 Å². The molecule has 3 unspecified atom stereocenters. The fourth-order valence-electron chi connectivity index (χ4n) is 17.8. The first-order chi connectivity index (χ1) is 59.5. The van der Waals surface area contributed by atoms with Crippen LogP contribution in [-0.4, -0.2) is 141 Å². The van der Waals surface area contributed by atoms with E-state index in [1.807, 2.05) is 184 Å². The molecule has 2 spiro atoms. The third-order valence-electron chi connectivity index (χ3n) is 25.4. The number of aromatic nitrogens is 12. The van der Waals surface area contributed by atoms with Crippen molar-refractivity contribution < 1.29 is 27.6 Å². The number of amides is 4. The molecule has 5 aliphatic carbocycles. The van der Waals surface area contributed by atoms with Gasteiger partial charge >= 0.3 is 0 Å². The summed E-state index contributed by atoms with van der Waals surface area (Å²) in [7, 11) is 0.457. The number of hydrogen-bond acceptors (Lipinski definition) is 24. The molecule has 32 heteroatoms. The molecule has 10 aromatic heterocycles. The molecule has 2 aliphatic heterocycles. The number of fused-ring (bicyclic) bond motifs is 8. The number of benzene rings is 4. The molecule has 124 heavy (non-hydrogen) atoms. The number of nitrogens with zero attached hydrogens (tertiary/aromatic N) is 14. The van der Waals surface area contributed by atoms with E-state index < -0.39 is 10.0 Å². The molecule has 4 amide bonds. The number of carbonyl (C=O) groups excluding carboxylic acids is 4. The van der Waals surface area contributed by atoms with Crippen LogP contribution in [0.2, 0.25) is 0 Å². The van der Waals surface area contributed by atoms with Crippen LogP contribution in [-0.2, 0) is 54.1 Å². The Bertz CT molecular complexity index is 6830. The zero-order chi connectivity index (χ0) is 86.5. The fraction of sp³-hybridized carbons (Fsp3) is 0.283. The lowest BCUT2D eigenvalue weighted by atomic mass is 10.0. The standard InChI is InChI=1S/C25H26N8O.C23H24N8O.C23H25N5O3S.C21H20N4O/c1-14-16(4-3-5-18(14)26)19-8-15-9-21(28-11-17(15)24(27)29-19)30-22-10-20-25(6-7-25)13-32(2)23(34)12-33(20)31-22;1-13-16(4-3-5-18(13)24)19-8-14-9-20(26-11-17(14)23(25)27-19)28-21-10-15-6-7-30(2)22(32)12-31(15)29-21;1-12-5-3-4-6-15(12)19-7-13-8-20(25-11-18(13)22(24)26-19)27-23(29)21-16-9-14(10-17(16)21)28-32(2,30)31;1-12-4-2-3-5-14(12)17-8-13-9-18(23-11-15(13)19(22)24-17)25-20(26)16-10-21(16)6-7-21/h3-5,8-11H,6-7,12-13,26H2,1-2H3,(H2,27,29)(H,28,30,31);3-5,8-11H,6-7,12,24H2,1-2H3,(H2,25,27)(H,26,28,29);3-8,11,14,16-17,21,28H,9-10H2,1-2H3,(H2,24,26)(H,25,27,29);2-5,8-9,11,16H,6-7,10H2,1H3,(H2,22,24)(H,23,25,26)/t;;14?,16-,17+,21?;. The van der Waals surface area contributed by atoms with Crippen molar-refractivity contribution >= 4 is 146 Å². The molecule has 5 fully saturated rings. The molecule has 5 saturated carbocycles. The largest absolute Gasteiger partial charge is 0.398 e. The lowest BCUT2D eigenvalue weighted by Crippen LogP contribution is -2.34. The van der Waals surface area contributed by atoms with E-state index in [-0.39, 0.29) is 71.8 Å². The molecular weight excluding hydrogens is 1580 g/mol. The molecular formula is C92H95N25O6S. The minimum absolute atomic E-state index is 0.0229. The van der Waals surface area contributed by atoms with E-state index in [2.05, 4.69) is 89.0 Å². The van der Waals surface area contributed by atoms with Crippen LogP contribution in [0.4, 0.5) is 69.6 Å². The highest BCUT2D eigenvalue weighted by Crippen LogP contribution is 2.70. The summed E-state index contributed by atoms with van der Waals surface area (Å²) in [5.41, 5.74) is 52.2. The lowest BCUT2D eigenvalue weighted by Gasteiger charge is -2.18. The molecule has 5 atom stereocenters. The number of pyridine rings is 8. The smallest absolute Gasteiger partial charge is 0.244 e. The Morgan fingerprint density at radius 2 is 0.895 bits per heavy atom. The van der Waals surface area contributed by atoms with E-state index in [4.69, 9.17) is 34.4 Å². The Balaban J connectivity index is 0.000000113. The van der Waals surface area contributed by atoms with Gasteiger partial charge in [-0.25, -0.2) is 53.0 Å². The number of nitrogens with two attached hydrogens (primary N) is 6. The highest BCUT2D eigenvalue weighted by molar-refractivity contribution is 7.88. The summed E-state index contributed by atoms with van der Waals surface area (Å²) >= 11 is 0. The number of carbonyl (C=O) groups is 4. The first-order valence-corrected chi connectivity index (χ1v) is 43.2. The Morgan fingerprint density at radius 3 is 1.35 bits per heavy atom. The molecule has 14 aromatic rings. The number of likely N-dealkylation sites (N-methyl/N-ethyl adjacent to an activating group) is 2. The van der Waals surface area contributed by atoms with E-state index in [9.17, 15) is 27.6 Å². The van der Waals surface area contributed by atoms with Gasteiger partial charge < -0.3 is 65.5 Å². The zero-order valence-corrected chi connectivity index (χ0v) is 70.4. The summed E-state index contributed by atoms with van der Waals surface area (Å²) in [4.78, 5) is 89.2. The van der Waals surface area contributed by atoms with Gasteiger partial charge in [-0.2, -0.15) is 10.2 Å². The molecule has 0 radical (unpaired) electrons. The average Bonchev–Trinajstić information content (AvgIpc) is 1.53. The normalized spacial score (nSPS) is 18.5. The summed E-state index contributed by atoms with van der Waals surface area (Å²) in [6.07, 6.45) is 15.6. The molecule has 12 heterocycles. The summed E-state index contributed by atoms with van der Waals surface area (Å²) in [5.74, 6) is 6.03. The summed E-state index contributed by atoms with van der Waals surface area (Å²) in [6.45, 7) is 9.94. The molecule has 17 N–H and O–H groups in total. The molecule has 7 aliphatic rings. The predicted molar refractivity (Wildman–Crippen MR) is 485 cm³/mol. The maximum atomic E-state index is 12.8. The van der Waals surface area contributed by atoms with Gasteiger partial charge in [-0.15, -0.1) is 0 Å². The van der Waals surface area contributed by atoms with Gasteiger partial charge in [0.25, 0.3) is 0 Å². The molecule has 4 aromatic carbocycles. The highest BCUT2D eigenvalue weighted by atomic mass is 32.2. The van der Waals surface area contributed by atoms with E-state index in [1.165, 1.54) is 19.1 Å². The van der Waals surface area contributed by atoms with Crippen LogP contribution in [0.15, 0.2) is 170 Å². The Hall–Kier alpha value is -14.3. The number of nitrogen functional groups attached to an aromatic ring is 6. The maximum Gasteiger partial charge on any atom is 0.244 e. The number of aryl methyl sites for hydroxylation is 2. The van der Waals surface area contributed by atoms with Gasteiger partial charge in [0, 0.05) is 160 Å². The van der Waals surface area contributed by atoms with Crippen molar-refractivity contribution in [3.63, 3.8) is 0 Å². The number of hydrogen-bond donors (Lipinski definition) is 11. The van der Waals surface area contributed by atoms with Gasteiger partial charge in [-0.05, 0) is 194 Å². The summed E-state index contributed by atoms with van der Waals surface area (Å²) in [6, 6.07) is 47.0. The highest BCUT2D eigenvalue weighted by Gasteiger charge is 2.66. The molecule has 0 bridgehead atoms. The predicted octanol–water partition coefficient (Wildman–Crippen LogP) is 12.6. The minimum Gasteiger partial charge on any atom is -0.398 e. The van der Waals surface area contributed by atoms with Gasteiger partial charge in [-0.1, -0.05) is 72.8 Å². The van der Waals surface area contributed by atoms with Crippen LogP contribution in [0.5, 0.6) is 0 Å². The van der Waals surface area contributed by atoms with Crippen molar-refractivity contribution in [3.8, 4) is 45.0 Å². The van der Waals surface area contributed by atoms with Crippen molar-refractivity contribution in [3.05, 3.63) is 204 Å². The minimum atomic E-state index is -3.22. The van der Waals surface area contributed by atoms with E-state index in [0.717, 1.165) is 154 Å². The number of sulfonamides is 1. The van der Waals surface area contributed by atoms with Crippen LogP contribution in [0, 0.1) is 56.8 Å². The van der Waals surface area contributed by atoms with Gasteiger partial charge in [0.2, 0.25) is 33.7 Å². The van der Waals surface area contributed by atoms with E-state index >= 15 is 0 Å². The van der Waals surface area contributed by atoms with Crippen molar-refractivity contribution in [1.82, 2.24) is 74.0 Å². The topological polar surface area (TPSA) is 464 Å². The van der Waals surface area contributed by atoms with Crippen LogP contribution < -0.4 is 60.4 Å². The van der Waals surface area contributed by atoms with Gasteiger partial charge in [0.1, 0.15) is 59.6 Å². The summed E-state index contributed by atoms with van der Waals surface area (Å²) in [5, 5.41) is 28.4. The molecule has 21 rings (SSSR count). The van der Waals surface area contributed by atoms with Crippen molar-refractivity contribution in [2.24, 2.45) is 29.1 Å². The second kappa shape index (κ2) is 31.6. The summed E-state index contributed by atoms with van der Waals surface area (Å²) < 4.78 is 29.1. The lowest BCUT2D eigenvalue weighted by molar-refractivity contribution is -0.131. The second-order valence-electron chi connectivity index (χ2n) is 34.0. The van der Waals surface area contributed by atoms with Crippen molar-refractivity contribution in [1.29, 1.82) is 0 Å². The molecule has 630 valence electrons. The van der Waals surface area contributed by atoms with Crippen molar-refractivity contribution in [2.75, 3.05) is 89.1 Å². The van der Waals surface area contributed by atoms with Gasteiger partial charge in [-0.3, -0.25) is 28.5 Å². The monoisotopic (exact) mass is 1680 g/mol. The second-order valence-corrected chi connectivity index (χ2v) is 35.8. The van der Waals surface area contributed by atoms with Crippen LogP contribution in [0.1, 0.15) is 78.6 Å². The molecule has 0 saturated heterocycles. The Kier molecular flexibility index (Phi) is 20.6. The fourth-order valence-corrected chi connectivity index (χ4v) is 18.6. The average molecular weight is 1680 g/mol. The van der Waals surface area contributed by atoms with Crippen LogP contribution in [0.3, 0.4) is 0 Å². The quantitative estimate of drug-likeness (QED) is 0.0450. The Morgan fingerprint density at radius 1 is 0.476 bits per heavy atom. The van der Waals surface area contributed by atoms with Crippen LogP contribution in [0.25, 0.3) is 88.1 Å². The van der Waals surface area contributed by atoms with E-state index in [0.29, 0.717) is 94.4 Å². The first kappa shape index (κ1) is 80.8.